The van der Waals surface area contributed by atoms with Gasteiger partial charge in [-0.2, -0.15) is 0 Å². The fraction of sp³-hybridized carbons (Fsp3) is 0.444. The average molecular weight is 167 g/mol. The van der Waals surface area contributed by atoms with Gasteiger partial charge >= 0.3 is 0 Å². The Kier molecular flexibility index (Phi) is 2.65. The lowest BCUT2D eigenvalue weighted by molar-refractivity contribution is 0.299. The summed E-state index contributed by atoms with van der Waals surface area (Å²) in [5, 5.41) is 18.2. The van der Waals surface area contributed by atoms with Crippen LogP contribution in [0.4, 0.5) is 0 Å². The van der Waals surface area contributed by atoms with Crippen LogP contribution >= 0.6 is 0 Å². The van der Waals surface area contributed by atoms with Gasteiger partial charge in [0.25, 0.3) is 0 Å². The van der Waals surface area contributed by atoms with Crippen molar-refractivity contribution in [3.05, 3.63) is 23.0 Å². The number of aliphatic hydroxyl groups excluding tert-OH is 1. The number of hydrogen-bond donors (Lipinski definition) is 2. The van der Waals surface area contributed by atoms with Gasteiger partial charge in [-0.25, -0.2) is 0 Å². The molecule has 0 saturated carbocycles. The van der Waals surface area contributed by atoms with Gasteiger partial charge in [-0.05, 0) is 31.4 Å². The van der Waals surface area contributed by atoms with Crippen LogP contribution in [0.15, 0.2) is 6.20 Å². The molecule has 0 atom stereocenters. The maximum atomic E-state index is 9.47. The molecular formula is C9H13NO2. The zero-order valence-electron chi connectivity index (χ0n) is 7.33. The Balaban J connectivity index is 3.08. The first-order chi connectivity index (χ1) is 5.66. The first-order valence-corrected chi connectivity index (χ1v) is 3.91. The smallest absolute Gasteiger partial charge is 0.139 e. The molecule has 0 radical (unpaired) electrons. The number of aryl methyl sites for hydroxylation is 1. The van der Waals surface area contributed by atoms with Crippen molar-refractivity contribution in [1.29, 1.82) is 0 Å². The first-order valence-electron chi connectivity index (χ1n) is 3.91. The second-order valence-corrected chi connectivity index (χ2v) is 2.82. The Morgan fingerprint density at radius 1 is 1.42 bits per heavy atom. The fourth-order valence-corrected chi connectivity index (χ4v) is 1.13. The average Bonchev–Trinajstić information content (AvgIpc) is 2.07. The molecule has 2 N–H and O–H groups in total. The van der Waals surface area contributed by atoms with E-state index >= 15 is 0 Å². The van der Waals surface area contributed by atoms with Gasteiger partial charge in [-0.15, -0.1) is 0 Å². The highest BCUT2D eigenvalue weighted by Crippen LogP contribution is 2.22. The molecule has 3 heteroatoms. The van der Waals surface area contributed by atoms with Crippen molar-refractivity contribution in [2.24, 2.45) is 0 Å². The molecular weight excluding hydrogens is 154 g/mol. The quantitative estimate of drug-likeness (QED) is 0.689. The second kappa shape index (κ2) is 3.54. The normalized spacial score (nSPS) is 10.2. The monoisotopic (exact) mass is 167 g/mol. The molecule has 1 rings (SSSR count). The van der Waals surface area contributed by atoms with Crippen molar-refractivity contribution in [2.75, 3.05) is 6.61 Å². The highest BCUT2D eigenvalue weighted by atomic mass is 16.3. The van der Waals surface area contributed by atoms with E-state index in [1.54, 1.807) is 13.1 Å². The summed E-state index contributed by atoms with van der Waals surface area (Å²) in [4.78, 5) is 4.00. The molecule has 0 unspecified atom stereocenters. The first kappa shape index (κ1) is 9.00. The predicted octanol–water partition coefficient (Wildman–Crippen LogP) is 0.939. The topological polar surface area (TPSA) is 53.4 Å². The molecule has 0 amide bonds. The summed E-state index contributed by atoms with van der Waals surface area (Å²) in [6.45, 7) is 3.67. The summed E-state index contributed by atoms with van der Waals surface area (Å²) in [6, 6.07) is 0. The van der Waals surface area contributed by atoms with Gasteiger partial charge in [0.05, 0.1) is 5.69 Å². The van der Waals surface area contributed by atoms with Crippen LogP contribution in [0.5, 0.6) is 5.75 Å². The Bertz CT molecular complexity index is 284. The van der Waals surface area contributed by atoms with E-state index in [4.69, 9.17) is 5.11 Å². The third kappa shape index (κ3) is 1.56. The number of nitrogens with zero attached hydrogens (tertiary/aromatic N) is 1. The molecule has 3 nitrogen and oxygen atoms in total. The molecule has 0 fully saturated rings. The molecule has 0 bridgehead atoms. The van der Waals surface area contributed by atoms with E-state index < -0.39 is 0 Å². The van der Waals surface area contributed by atoms with Crippen LogP contribution in [0, 0.1) is 13.8 Å². The van der Waals surface area contributed by atoms with Crippen molar-refractivity contribution in [3.8, 4) is 5.75 Å². The van der Waals surface area contributed by atoms with Crippen LogP contribution in [0.1, 0.15) is 16.8 Å². The molecule has 0 aliphatic heterocycles. The standard InChI is InChI=1S/C9H13NO2/c1-6-8(3-4-11)5-10-7(2)9(6)12/h5,11-12H,3-4H2,1-2H3. The second-order valence-electron chi connectivity index (χ2n) is 2.82. The van der Waals surface area contributed by atoms with E-state index in [-0.39, 0.29) is 12.4 Å². The summed E-state index contributed by atoms with van der Waals surface area (Å²) < 4.78 is 0. The minimum atomic E-state index is 0.0883. The predicted molar refractivity (Wildman–Crippen MR) is 46.2 cm³/mol. The van der Waals surface area contributed by atoms with E-state index in [1.807, 2.05) is 6.92 Å². The molecule has 12 heavy (non-hydrogen) atoms. The molecule has 66 valence electrons. The Morgan fingerprint density at radius 2 is 2.08 bits per heavy atom. The van der Waals surface area contributed by atoms with Gasteiger partial charge in [-0.3, -0.25) is 4.98 Å². The number of pyridine rings is 1. The van der Waals surface area contributed by atoms with Crippen LogP contribution in [-0.2, 0) is 6.42 Å². The summed E-state index contributed by atoms with van der Waals surface area (Å²) in [5.41, 5.74) is 2.35. The Hall–Kier alpha value is -1.09. The minimum Gasteiger partial charge on any atom is -0.506 e. The lowest BCUT2D eigenvalue weighted by atomic mass is 10.1. The highest BCUT2D eigenvalue weighted by molar-refractivity contribution is 5.39. The lowest BCUT2D eigenvalue weighted by Gasteiger charge is -2.06. The van der Waals surface area contributed by atoms with Crippen molar-refractivity contribution >= 4 is 0 Å². The molecule has 0 aliphatic rings. The van der Waals surface area contributed by atoms with Crippen molar-refractivity contribution < 1.29 is 10.2 Å². The van der Waals surface area contributed by atoms with Crippen molar-refractivity contribution in [2.45, 2.75) is 20.3 Å². The van der Waals surface area contributed by atoms with Crippen LogP contribution in [0.25, 0.3) is 0 Å². The van der Waals surface area contributed by atoms with E-state index in [0.717, 1.165) is 11.1 Å². The van der Waals surface area contributed by atoms with Gasteiger partial charge < -0.3 is 10.2 Å². The molecule has 0 aliphatic carbocycles. The summed E-state index contributed by atoms with van der Waals surface area (Å²) in [5.74, 6) is 0.237. The summed E-state index contributed by atoms with van der Waals surface area (Å²) >= 11 is 0. The number of aromatic hydroxyl groups is 1. The molecule has 1 heterocycles. The molecule has 0 aromatic carbocycles. The van der Waals surface area contributed by atoms with Gasteiger partial charge in [0, 0.05) is 12.8 Å². The molecule has 0 spiro atoms. The summed E-state index contributed by atoms with van der Waals surface area (Å²) in [7, 11) is 0. The Labute approximate surface area is 71.7 Å². The molecule has 0 saturated heterocycles. The minimum absolute atomic E-state index is 0.0883. The SMILES string of the molecule is Cc1ncc(CCO)c(C)c1O. The zero-order valence-corrected chi connectivity index (χ0v) is 7.33. The third-order valence-corrected chi connectivity index (χ3v) is 1.97. The third-order valence-electron chi connectivity index (χ3n) is 1.97. The van der Waals surface area contributed by atoms with Gasteiger partial charge in [-0.1, -0.05) is 0 Å². The lowest BCUT2D eigenvalue weighted by Crippen LogP contribution is -1.97. The van der Waals surface area contributed by atoms with Crippen LogP contribution in [0.2, 0.25) is 0 Å². The molecule has 1 aromatic rings. The van der Waals surface area contributed by atoms with Crippen LogP contribution in [-0.4, -0.2) is 21.8 Å². The maximum Gasteiger partial charge on any atom is 0.139 e. The van der Waals surface area contributed by atoms with Crippen molar-refractivity contribution in [1.82, 2.24) is 4.98 Å². The van der Waals surface area contributed by atoms with E-state index in [9.17, 15) is 5.11 Å². The maximum absolute atomic E-state index is 9.47. The largest absolute Gasteiger partial charge is 0.506 e. The number of rotatable bonds is 2. The Morgan fingerprint density at radius 3 is 2.67 bits per heavy atom. The highest BCUT2D eigenvalue weighted by Gasteiger charge is 2.05. The molecule has 1 aromatic heterocycles. The summed E-state index contributed by atoms with van der Waals surface area (Å²) in [6.07, 6.45) is 2.24. The van der Waals surface area contributed by atoms with Gasteiger partial charge in [0.15, 0.2) is 0 Å². The van der Waals surface area contributed by atoms with Crippen molar-refractivity contribution in [3.63, 3.8) is 0 Å². The number of aromatic nitrogens is 1. The van der Waals surface area contributed by atoms with Gasteiger partial charge in [0.1, 0.15) is 5.75 Å². The van der Waals surface area contributed by atoms with Crippen LogP contribution in [0.3, 0.4) is 0 Å². The van der Waals surface area contributed by atoms with E-state index in [2.05, 4.69) is 4.98 Å². The van der Waals surface area contributed by atoms with E-state index in [1.165, 1.54) is 0 Å². The zero-order chi connectivity index (χ0) is 9.14. The van der Waals surface area contributed by atoms with E-state index in [0.29, 0.717) is 12.1 Å². The fourth-order valence-electron chi connectivity index (χ4n) is 1.13. The van der Waals surface area contributed by atoms with Crippen LogP contribution < -0.4 is 0 Å². The number of aliphatic hydroxyl groups is 1. The van der Waals surface area contributed by atoms with Gasteiger partial charge in [0.2, 0.25) is 0 Å². The number of hydrogen-bond acceptors (Lipinski definition) is 3.